The summed E-state index contributed by atoms with van der Waals surface area (Å²) in [6.45, 7) is 2.12. The second-order valence-electron chi connectivity index (χ2n) is 7.17. The van der Waals surface area contributed by atoms with Gasteiger partial charge in [-0.3, -0.25) is 9.38 Å². The van der Waals surface area contributed by atoms with Crippen molar-refractivity contribution in [2.24, 2.45) is 0 Å². The Bertz CT molecular complexity index is 1080. The molecular formula is C22H21N5. The standard InChI is InChI=1S/C22H21N5/c1-15(16-5-3-2-4-6-16)25-21-13-23-11-19(26-21)20-12-24-22-10-9-18(14-27(20)22)17-7-8-17/h2-6,9-15,17H,7-8H2,1H3,(H,25,26)/t15-/m0/s1. The fraction of sp³-hybridized carbons (Fsp3) is 0.227. The van der Waals surface area contributed by atoms with E-state index >= 15 is 0 Å². The molecule has 1 atom stereocenters. The smallest absolute Gasteiger partial charge is 0.145 e. The van der Waals surface area contributed by atoms with Gasteiger partial charge in [-0.2, -0.15) is 0 Å². The van der Waals surface area contributed by atoms with Crippen LogP contribution in [0.1, 0.15) is 42.9 Å². The minimum Gasteiger partial charge on any atom is -0.362 e. The number of rotatable bonds is 5. The molecule has 1 N–H and O–H groups in total. The SMILES string of the molecule is C[C@H](Nc1cncc(-c2cnc3ccc(C4CC4)cn23)n1)c1ccccc1. The lowest BCUT2D eigenvalue weighted by Gasteiger charge is -2.15. The molecule has 0 amide bonds. The molecule has 0 spiro atoms. The van der Waals surface area contributed by atoms with Gasteiger partial charge in [0.25, 0.3) is 0 Å². The number of fused-ring (bicyclic) bond motifs is 1. The van der Waals surface area contributed by atoms with Crippen LogP contribution in [-0.2, 0) is 0 Å². The van der Waals surface area contributed by atoms with Crippen molar-refractivity contribution in [2.75, 3.05) is 5.32 Å². The lowest BCUT2D eigenvalue weighted by atomic mass is 10.1. The molecule has 1 aliphatic carbocycles. The predicted molar refractivity (Wildman–Crippen MR) is 107 cm³/mol. The van der Waals surface area contributed by atoms with Gasteiger partial charge in [0, 0.05) is 12.2 Å². The molecule has 1 fully saturated rings. The maximum Gasteiger partial charge on any atom is 0.145 e. The summed E-state index contributed by atoms with van der Waals surface area (Å²) in [6, 6.07) is 14.8. The Labute approximate surface area is 158 Å². The quantitative estimate of drug-likeness (QED) is 0.556. The van der Waals surface area contributed by atoms with Crippen LogP contribution in [0.15, 0.2) is 67.3 Å². The van der Waals surface area contributed by atoms with Crippen molar-refractivity contribution in [1.82, 2.24) is 19.4 Å². The average Bonchev–Trinajstić information content (AvgIpc) is 3.48. The molecule has 5 rings (SSSR count). The van der Waals surface area contributed by atoms with E-state index in [9.17, 15) is 0 Å². The third-order valence-corrected chi connectivity index (χ3v) is 5.14. The third kappa shape index (κ3) is 3.16. The van der Waals surface area contributed by atoms with Gasteiger partial charge in [0.1, 0.15) is 17.2 Å². The van der Waals surface area contributed by atoms with Crippen LogP contribution in [0, 0.1) is 0 Å². The van der Waals surface area contributed by atoms with Crippen molar-refractivity contribution in [3.8, 4) is 11.4 Å². The third-order valence-electron chi connectivity index (χ3n) is 5.14. The Morgan fingerprint density at radius 3 is 2.70 bits per heavy atom. The first-order chi connectivity index (χ1) is 13.3. The van der Waals surface area contributed by atoms with Crippen molar-refractivity contribution in [3.05, 3.63) is 78.4 Å². The predicted octanol–water partition coefficient (Wildman–Crippen LogP) is 4.84. The van der Waals surface area contributed by atoms with E-state index in [0.717, 1.165) is 22.9 Å². The Kier molecular flexibility index (Phi) is 3.85. The molecular weight excluding hydrogens is 334 g/mol. The first-order valence-corrected chi connectivity index (χ1v) is 9.39. The zero-order valence-electron chi connectivity index (χ0n) is 15.2. The van der Waals surface area contributed by atoms with E-state index in [0.29, 0.717) is 5.92 Å². The van der Waals surface area contributed by atoms with Gasteiger partial charge in [-0.1, -0.05) is 36.4 Å². The average molecular weight is 355 g/mol. The molecule has 1 saturated carbocycles. The van der Waals surface area contributed by atoms with Crippen molar-refractivity contribution in [3.63, 3.8) is 0 Å². The van der Waals surface area contributed by atoms with Crippen LogP contribution in [0.3, 0.4) is 0 Å². The summed E-state index contributed by atoms with van der Waals surface area (Å²) in [4.78, 5) is 13.7. The Hall–Kier alpha value is -3.21. The summed E-state index contributed by atoms with van der Waals surface area (Å²) in [6.07, 6.45) is 10.2. The summed E-state index contributed by atoms with van der Waals surface area (Å²) in [5, 5.41) is 3.44. The molecule has 0 saturated heterocycles. The van der Waals surface area contributed by atoms with Crippen LogP contribution in [0.5, 0.6) is 0 Å². The molecule has 27 heavy (non-hydrogen) atoms. The highest BCUT2D eigenvalue weighted by Gasteiger charge is 2.24. The van der Waals surface area contributed by atoms with Crippen molar-refractivity contribution < 1.29 is 0 Å². The van der Waals surface area contributed by atoms with E-state index in [1.54, 1.807) is 12.4 Å². The van der Waals surface area contributed by atoms with Gasteiger partial charge in [-0.05, 0) is 42.9 Å². The van der Waals surface area contributed by atoms with E-state index in [1.807, 2.05) is 24.4 Å². The van der Waals surface area contributed by atoms with Crippen LogP contribution in [0.2, 0.25) is 0 Å². The lowest BCUT2D eigenvalue weighted by molar-refractivity contribution is 0.871. The summed E-state index contributed by atoms with van der Waals surface area (Å²) in [7, 11) is 0. The van der Waals surface area contributed by atoms with Crippen molar-refractivity contribution >= 4 is 11.5 Å². The first kappa shape index (κ1) is 16.0. The molecule has 3 heterocycles. The second-order valence-corrected chi connectivity index (χ2v) is 7.17. The first-order valence-electron chi connectivity index (χ1n) is 9.39. The highest BCUT2D eigenvalue weighted by Crippen LogP contribution is 2.40. The zero-order chi connectivity index (χ0) is 18.2. The van der Waals surface area contributed by atoms with Gasteiger partial charge in [-0.15, -0.1) is 0 Å². The number of hydrogen-bond acceptors (Lipinski definition) is 4. The Morgan fingerprint density at radius 1 is 1.04 bits per heavy atom. The molecule has 1 aliphatic rings. The molecule has 5 nitrogen and oxygen atoms in total. The summed E-state index contributed by atoms with van der Waals surface area (Å²) < 4.78 is 2.13. The number of nitrogens with zero attached hydrogens (tertiary/aromatic N) is 4. The fourth-order valence-corrected chi connectivity index (χ4v) is 3.45. The number of imidazole rings is 1. The maximum atomic E-state index is 4.79. The fourth-order valence-electron chi connectivity index (χ4n) is 3.45. The van der Waals surface area contributed by atoms with Gasteiger partial charge >= 0.3 is 0 Å². The number of pyridine rings is 1. The lowest BCUT2D eigenvalue weighted by Crippen LogP contribution is -2.08. The Balaban J connectivity index is 1.47. The molecule has 0 bridgehead atoms. The molecule has 0 radical (unpaired) electrons. The van der Waals surface area contributed by atoms with Crippen LogP contribution < -0.4 is 5.32 Å². The molecule has 0 aliphatic heterocycles. The van der Waals surface area contributed by atoms with E-state index < -0.39 is 0 Å². The van der Waals surface area contributed by atoms with E-state index in [2.05, 4.69) is 57.1 Å². The monoisotopic (exact) mass is 355 g/mol. The summed E-state index contributed by atoms with van der Waals surface area (Å²) >= 11 is 0. The van der Waals surface area contributed by atoms with Crippen LogP contribution in [0.4, 0.5) is 5.82 Å². The molecule has 134 valence electrons. The number of aromatic nitrogens is 4. The Morgan fingerprint density at radius 2 is 1.89 bits per heavy atom. The van der Waals surface area contributed by atoms with E-state index in [-0.39, 0.29) is 6.04 Å². The largest absolute Gasteiger partial charge is 0.362 e. The normalized spacial score (nSPS) is 15.0. The van der Waals surface area contributed by atoms with Gasteiger partial charge < -0.3 is 5.32 Å². The summed E-state index contributed by atoms with van der Waals surface area (Å²) in [5.41, 5.74) is 5.32. The van der Waals surface area contributed by atoms with E-state index in [1.165, 1.54) is 24.0 Å². The van der Waals surface area contributed by atoms with Crippen LogP contribution in [-0.4, -0.2) is 19.4 Å². The maximum absolute atomic E-state index is 4.79. The van der Waals surface area contributed by atoms with Gasteiger partial charge in [0.05, 0.1) is 24.3 Å². The summed E-state index contributed by atoms with van der Waals surface area (Å²) in [5.74, 6) is 1.47. The van der Waals surface area contributed by atoms with Crippen LogP contribution >= 0.6 is 0 Å². The zero-order valence-corrected chi connectivity index (χ0v) is 15.2. The number of hydrogen-bond donors (Lipinski definition) is 1. The van der Waals surface area contributed by atoms with E-state index in [4.69, 9.17) is 4.98 Å². The van der Waals surface area contributed by atoms with Crippen LogP contribution in [0.25, 0.3) is 17.0 Å². The minimum absolute atomic E-state index is 0.152. The number of benzene rings is 1. The number of nitrogens with one attached hydrogen (secondary N) is 1. The molecule has 4 aromatic rings. The minimum atomic E-state index is 0.152. The van der Waals surface area contributed by atoms with Gasteiger partial charge in [0.15, 0.2) is 0 Å². The molecule has 0 unspecified atom stereocenters. The van der Waals surface area contributed by atoms with Crippen molar-refractivity contribution in [1.29, 1.82) is 0 Å². The molecule has 5 heteroatoms. The molecule has 3 aromatic heterocycles. The molecule has 1 aromatic carbocycles. The highest BCUT2D eigenvalue weighted by atomic mass is 15.1. The topological polar surface area (TPSA) is 55.1 Å². The van der Waals surface area contributed by atoms with Gasteiger partial charge in [0.2, 0.25) is 0 Å². The van der Waals surface area contributed by atoms with Gasteiger partial charge in [-0.25, -0.2) is 9.97 Å². The second kappa shape index (κ2) is 6.50. The number of anilines is 1. The van der Waals surface area contributed by atoms with Crippen molar-refractivity contribution in [2.45, 2.75) is 31.7 Å². The highest BCUT2D eigenvalue weighted by molar-refractivity contribution is 5.61.